The van der Waals surface area contributed by atoms with E-state index in [4.69, 9.17) is 9.47 Å². The molecular weight excluding hydrogens is 274 g/mol. The average molecular weight is 286 g/mol. The number of amides is 1. The van der Waals surface area contributed by atoms with Crippen molar-refractivity contribution in [2.24, 2.45) is 0 Å². The van der Waals surface area contributed by atoms with Crippen LogP contribution in [-0.2, 0) is 4.79 Å². The highest BCUT2D eigenvalue weighted by Gasteiger charge is 2.35. The van der Waals surface area contributed by atoms with Gasteiger partial charge < -0.3 is 14.8 Å². The fourth-order valence-corrected chi connectivity index (χ4v) is 1.95. The Bertz CT molecular complexity index is 457. The van der Waals surface area contributed by atoms with Gasteiger partial charge in [0.05, 0.1) is 17.3 Å². The van der Waals surface area contributed by atoms with Gasteiger partial charge in [0.15, 0.2) is 5.60 Å². The Hall–Kier alpha value is -1.23. The summed E-state index contributed by atoms with van der Waals surface area (Å²) in [5, 5.41) is 2.79. The van der Waals surface area contributed by atoms with Crippen LogP contribution in [-0.4, -0.2) is 18.6 Å². The smallest absolute Gasteiger partial charge is 0.268 e. The van der Waals surface area contributed by atoms with Crippen molar-refractivity contribution in [3.8, 4) is 11.5 Å². The molecule has 1 N–H and O–H groups in total. The molecule has 0 unspecified atom stereocenters. The highest BCUT2D eigenvalue weighted by molar-refractivity contribution is 9.10. The number of halogens is 1. The van der Waals surface area contributed by atoms with Gasteiger partial charge >= 0.3 is 0 Å². The van der Waals surface area contributed by atoms with Gasteiger partial charge in [0.1, 0.15) is 11.5 Å². The van der Waals surface area contributed by atoms with Crippen LogP contribution in [0.15, 0.2) is 16.6 Å². The predicted octanol–water partition coefficient (Wildman–Crippen LogP) is 2.57. The fraction of sp³-hybridized carbons (Fsp3) is 0.364. The van der Waals surface area contributed by atoms with Crippen molar-refractivity contribution in [1.82, 2.24) is 0 Å². The molecule has 1 amide bonds. The number of nitrogens with one attached hydrogen (secondary N) is 1. The Morgan fingerprint density at radius 2 is 2.12 bits per heavy atom. The van der Waals surface area contributed by atoms with Gasteiger partial charge in [-0.05, 0) is 29.8 Å². The summed E-state index contributed by atoms with van der Waals surface area (Å²) < 4.78 is 11.6. The molecule has 1 aromatic carbocycles. The molecule has 0 saturated heterocycles. The minimum absolute atomic E-state index is 0.163. The van der Waals surface area contributed by atoms with Crippen LogP contribution >= 0.6 is 15.9 Å². The van der Waals surface area contributed by atoms with Crippen LogP contribution in [0.1, 0.15) is 13.8 Å². The van der Waals surface area contributed by atoms with Crippen molar-refractivity contribution >= 4 is 27.5 Å². The average Bonchev–Trinajstić information content (AvgIpc) is 2.19. The van der Waals surface area contributed by atoms with E-state index < -0.39 is 5.60 Å². The summed E-state index contributed by atoms with van der Waals surface area (Å²) in [5.41, 5.74) is -0.217. The number of ether oxygens (including phenoxy) is 2. The molecule has 1 aromatic rings. The first kappa shape index (κ1) is 11.3. The van der Waals surface area contributed by atoms with Gasteiger partial charge in [-0.25, -0.2) is 0 Å². The first-order valence-electron chi connectivity index (χ1n) is 4.82. The van der Waals surface area contributed by atoms with E-state index in [-0.39, 0.29) is 5.91 Å². The fourth-order valence-electron chi connectivity index (χ4n) is 1.47. The summed E-state index contributed by atoms with van der Waals surface area (Å²) in [7, 11) is 1.57. The molecule has 0 bridgehead atoms. The van der Waals surface area contributed by atoms with Gasteiger partial charge in [-0.1, -0.05) is 0 Å². The van der Waals surface area contributed by atoms with Gasteiger partial charge in [0, 0.05) is 12.1 Å². The van der Waals surface area contributed by atoms with Gasteiger partial charge in [-0.15, -0.1) is 0 Å². The van der Waals surface area contributed by atoms with Crippen molar-refractivity contribution in [2.75, 3.05) is 12.4 Å². The van der Waals surface area contributed by atoms with Gasteiger partial charge in [0.25, 0.3) is 5.91 Å². The third-order valence-electron chi connectivity index (χ3n) is 2.41. The molecule has 0 aliphatic carbocycles. The largest absolute Gasteiger partial charge is 0.495 e. The van der Waals surface area contributed by atoms with Crippen LogP contribution in [0.4, 0.5) is 5.69 Å². The molecule has 86 valence electrons. The second-order valence-electron chi connectivity index (χ2n) is 4.05. The molecular formula is C11H12BrNO3. The van der Waals surface area contributed by atoms with E-state index in [0.717, 1.165) is 4.47 Å². The number of fused-ring (bicyclic) bond motifs is 1. The van der Waals surface area contributed by atoms with E-state index in [9.17, 15) is 4.79 Å². The van der Waals surface area contributed by atoms with E-state index in [1.807, 2.05) is 0 Å². The number of methoxy groups -OCH3 is 1. The summed E-state index contributed by atoms with van der Waals surface area (Å²) >= 11 is 3.37. The minimum atomic E-state index is -0.846. The zero-order valence-corrected chi connectivity index (χ0v) is 10.8. The molecule has 0 fully saturated rings. The molecule has 0 spiro atoms. The number of benzene rings is 1. The molecule has 1 aliphatic heterocycles. The maximum Gasteiger partial charge on any atom is 0.268 e. The molecule has 0 atom stereocenters. The second-order valence-corrected chi connectivity index (χ2v) is 4.90. The topological polar surface area (TPSA) is 47.6 Å². The summed E-state index contributed by atoms with van der Waals surface area (Å²) in [6.45, 7) is 3.45. The normalized spacial score (nSPS) is 17.1. The van der Waals surface area contributed by atoms with Gasteiger partial charge in [-0.2, -0.15) is 0 Å². The Morgan fingerprint density at radius 1 is 1.44 bits per heavy atom. The SMILES string of the molecule is COc1cc2c(cc1Br)OC(C)(C)C(=O)N2. The van der Waals surface area contributed by atoms with Crippen LogP contribution in [0.25, 0.3) is 0 Å². The van der Waals surface area contributed by atoms with Crippen molar-refractivity contribution < 1.29 is 14.3 Å². The van der Waals surface area contributed by atoms with E-state index in [2.05, 4.69) is 21.2 Å². The zero-order chi connectivity index (χ0) is 11.9. The van der Waals surface area contributed by atoms with E-state index in [1.165, 1.54) is 0 Å². The molecule has 2 rings (SSSR count). The van der Waals surface area contributed by atoms with E-state index >= 15 is 0 Å². The molecule has 0 radical (unpaired) electrons. The van der Waals surface area contributed by atoms with E-state index in [1.54, 1.807) is 33.1 Å². The van der Waals surface area contributed by atoms with Gasteiger partial charge in [0.2, 0.25) is 0 Å². The summed E-state index contributed by atoms with van der Waals surface area (Å²) in [4.78, 5) is 11.7. The molecule has 0 saturated carbocycles. The Labute approximate surface area is 102 Å². The Morgan fingerprint density at radius 3 is 2.75 bits per heavy atom. The molecule has 16 heavy (non-hydrogen) atoms. The lowest BCUT2D eigenvalue weighted by molar-refractivity contribution is -0.129. The third kappa shape index (κ3) is 1.75. The van der Waals surface area contributed by atoms with Crippen molar-refractivity contribution in [3.63, 3.8) is 0 Å². The van der Waals surface area contributed by atoms with Crippen LogP contribution in [0.3, 0.4) is 0 Å². The number of carbonyl (C=O) groups excluding carboxylic acids is 1. The summed E-state index contributed by atoms with van der Waals surface area (Å²) in [5.74, 6) is 1.13. The standard InChI is InChI=1S/C11H12BrNO3/c1-11(2)10(14)13-7-5-8(15-3)6(12)4-9(7)16-11/h4-5H,1-3H3,(H,13,14). The Kier molecular flexibility index (Phi) is 2.58. The number of anilines is 1. The molecule has 1 heterocycles. The second kappa shape index (κ2) is 3.66. The van der Waals surface area contributed by atoms with Crippen LogP contribution in [0, 0.1) is 0 Å². The summed E-state index contributed by atoms with van der Waals surface area (Å²) in [6.07, 6.45) is 0. The predicted molar refractivity (Wildman–Crippen MR) is 64.0 cm³/mol. The van der Waals surface area contributed by atoms with Crippen molar-refractivity contribution in [1.29, 1.82) is 0 Å². The minimum Gasteiger partial charge on any atom is -0.495 e. The molecule has 0 aromatic heterocycles. The first-order chi connectivity index (χ1) is 7.44. The number of rotatable bonds is 1. The lowest BCUT2D eigenvalue weighted by Gasteiger charge is -2.31. The molecule has 5 heteroatoms. The first-order valence-corrected chi connectivity index (χ1v) is 5.61. The highest BCUT2D eigenvalue weighted by Crippen LogP contribution is 2.40. The lowest BCUT2D eigenvalue weighted by atomic mass is 10.1. The van der Waals surface area contributed by atoms with Crippen LogP contribution in [0.2, 0.25) is 0 Å². The summed E-state index contributed by atoms with van der Waals surface area (Å²) in [6, 6.07) is 3.52. The highest BCUT2D eigenvalue weighted by atomic mass is 79.9. The lowest BCUT2D eigenvalue weighted by Crippen LogP contribution is -2.45. The molecule has 4 nitrogen and oxygen atoms in total. The monoisotopic (exact) mass is 285 g/mol. The third-order valence-corrected chi connectivity index (χ3v) is 3.03. The number of hydrogen-bond acceptors (Lipinski definition) is 3. The maximum absolute atomic E-state index is 11.7. The van der Waals surface area contributed by atoms with Crippen molar-refractivity contribution in [3.05, 3.63) is 16.6 Å². The van der Waals surface area contributed by atoms with Crippen LogP contribution in [0.5, 0.6) is 11.5 Å². The number of hydrogen-bond donors (Lipinski definition) is 1. The quantitative estimate of drug-likeness (QED) is 0.863. The number of carbonyl (C=O) groups is 1. The maximum atomic E-state index is 11.7. The molecule has 1 aliphatic rings. The van der Waals surface area contributed by atoms with Gasteiger partial charge in [-0.3, -0.25) is 4.79 Å². The van der Waals surface area contributed by atoms with E-state index in [0.29, 0.717) is 17.2 Å². The van der Waals surface area contributed by atoms with Crippen LogP contribution < -0.4 is 14.8 Å². The van der Waals surface area contributed by atoms with Crippen molar-refractivity contribution in [2.45, 2.75) is 19.4 Å². The Balaban J connectivity index is 2.48. The zero-order valence-electron chi connectivity index (χ0n) is 9.26.